The molecule has 0 aliphatic rings. The van der Waals surface area contributed by atoms with Crippen molar-refractivity contribution in [3.8, 4) is 0 Å². The number of carbonyl (C=O) groups excluding carboxylic acids is 3. The summed E-state index contributed by atoms with van der Waals surface area (Å²) >= 11 is 0. The average Bonchev–Trinajstić information content (AvgIpc) is 3.18. The highest BCUT2D eigenvalue weighted by molar-refractivity contribution is 5.70. The van der Waals surface area contributed by atoms with Crippen LogP contribution in [0.15, 0.2) is 60.8 Å². The van der Waals surface area contributed by atoms with Crippen molar-refractivity contribution in [1.82, 2.24) is 0 Å². The topological polar surface area (TPSA) is 102 Å². The molecule has 0 aromatic rings. The third kappa shape index (κ3) is 38.5. The number of allylic oxidation sites excluding steroid dienone is 10. The zero-order valence-corrected chi connectivity index (χ0v) is 37.9. The van der Waals surface area contributed by atoms with E-state index in [9.17, 15) is 19.5 Å². The van der Waals surface area contributed by atoms with Crippen LogP contribution >= 0.6 is 0 Å². The van der Waals surface area contributed by atoms with E-state index >= 15 is 0 Å². The van der Waals surface area contributed by atoms with Crippen LogP contribution in [0.3, 0.4) is 0 Å². The molecule has 0 aliphatic carbocycles. The molecular formula is C50H87NO7. The molecule has 0 N–H and O–H groups in total. The quantitative estimate of drug-likeness (QED) is 0.0262. The summed E-state index contributed by atoms with van der Waals surface area (Å²) in [4.78, 5) is 36.8. The molecule has 2 unspecified atom stereocenters. The van der Waals surface area contributed by atoms with E-state index in [1.807, 2.05) is 0 Å². The summed E-state index contributed by atoms with van der Waals surface area (Å²) in [5.41, 5.74) is 0. The fourth-order valence-electron chi connectivity index (χ4n) is 6.54. The molecule has 8 heteroatoms. The Morgan fingerprint density at radius 2 is 0.983 bits per heavy atom. The van der Waals surface area contributed by atoms with E-state index in [4.69, 9.17) is 14.2 Å². The molecule has 2 atom stereocenters. The SMILES string of the molecule is CC/C=C/C/C=C/C/C=C/CCCC(=O)OC(COCCC(C(=O)[O-])[N+](C)(C)C)COC(=O)CCCCCCCCC/C=C/C/C=C/CCCCCCCCCCC. The van der Waals surface area contributed by atoms with E-state index in [0.29, 0.717) is 12.8 Å². The first-order valence-electron chi connectivity index (χ1n) is 23.3. The van der Waals surface area contributed by atoms with Crippen molar-refractivity contribution in [3.05, 3.63) is 60.8 Å². The number of carbonyl (C=O) groups is 3. The number of likely N-dealkylation sites (N-methyl/N-ethyl adjacent to an activating group) is 1. The normalized spacial score (nSPS) is 13.5. The van der Waals surface area contributed by atoms with E-state index in [-0.39, 0.29) is 49.1 Å². The summed E-state index contributed by atoms with van der Waals surface area (Å²) in [7, 11) is 5.38. The zero-order valence-electron chi connectivity index (χ0n) is 37.9. The Hall–Kier alpha value is -2.97. The van der Waals surface area contributed by atoms with Gasteiger partial charge in [-0.05, 0) is 70.6 Å². The number of aliphatic carboxylic acids is 1. The Balaban J connectivity index is 4.26. The van der Waals surface area contributed by atoms with Gasteiger partial charge < -0.3 is 28.6 Å². The fraction of sp³-hybridized carbons (Fsp3) is 0.740. The molecule has 0 saturated carbocycles. The smallest absolute Gasteiger partial charge is 0.306 e. The van der Waals surface area contributed by atoms with E-state index < -0.39 is 18.1 Å². The van der Waals surface area contributed by atoms with E-state index in [1.165, 1.54) is 89.9 Å². The molecule has 0 aromatic heterocycles. The van der Waals surface area contributed by atoms with Crippen molar-refractivity contribution < 1.29 is 38.2 Å². The highest BCUT2D eigenvalue weighted by atomic mass is 16.6. The molecule has 0 radical (unpaired) electrons. The lowest BCUT2D eigenvalue weighted by atomic mass is 10.1. The Morgan fingerprint density at radius 1 is 0.534 bits per heavy atom. The van der Waals surface area contributed by atoms with E-state index in [1.54, 1.807) is 21.1 Å². The van der Waals surface area contributed by atoms with Crippen molar-refractivity contribution in [3.63, 3.8) is 0 Å². The Labute approximate surface area is 356 Å². The summed E-state index contributed by atoms with van der Waals surface area (Å²) < 4.78 is 17.1. The van der Waals surface area contributed by atoms with E-state index in [0.717, 1.165) is 57.8 Å². The lowest BCUT2D eigenvalue weighted by Crippen LogP contribution is -2.55. The maximum Gasteiger partial charge on any atom is 0.306 e. The van der Waals surface area contributed by atoms with Gasteiger partial charge in [-0.3, -0.25) is 9.59 Å². The third-order valence-corrected chi connectivity index (χ3v) is 10.1. The molecule has 58 heavy (non-hydrogen) atoms. The van der Waals surface area contributed by atoms with Gasteiger partial charge in [0.1, 0.15) is 12.6 Å². The van der Waals surface area contributed by atoms with Gasteiger partial charge in [0.05, 0.1) is 40.3 Å². The molecule has 0 rings (SSSR count). The van der Waals surface area contributed by atoms with Gasteiger partial charge in [0.25, 0.3) is 0 Å². The number of nitrogens with zero attached hydrogens (tertiary/aromatic N) is 1. The largest absolute Gasteiger partial charge is 0.544 e. The predicted octanol–water partition coefficient (Wildman–Crippen LogP) is 11.6. The van der Waals surface area contributed by atoms with Gasteiger partial charge in [0.2, 0.25) is 0 Å². The van der Waals surface area contributed by atoms with Crippen LogP contribution in [0.2, 0.25) is 0 Å². The fourth-order valence-corrected chi connectivity index (χ4v) is 6.54. The minimum absolute atomic E-state index is 0.0158. The summed E-state index contributed by atoms with van der Waals surface area (Å²) in [6.07, 6.45) is 49.9. The first kappa shape index (κ1) is 55.0. The van der Waals surface area contributed by atoms with Crippen LogP contribution in [0.25, 0.3) is 0 Å². The zero-order chi connectivity index (χ0) is 42.8. The van der Waals surface area contributed by atoms with Crippen LogP contribution < -0.4 is 5.11 Å². The highest BCUT2D eigenvalue weighted by Crippen LogP contribution is 2.13. The van der Waals surface area contributed by atoms with Gasteiger partial charge in [-0.1, -0.05) is 158 Å². The second kappa shape index (κ2) is 40.8. The average molecular weight is 814 g/mol. The molecule has 0 spiro atoms. The molecule has 8 nitrogen and oxygen atoms in total. The highest BCUT2D eigenvalue weighted by Gasteiger charge is 2.25. The Morgan fingerprint density at radius 3 is 1.48 bits per heavy atom. The number of unbranched alkanes of at least 4 members (excludes halogenated alkanes) is 17. The third-order valence-electron chi connectivity index (χ3n) is 10.1. The molecule has 0 aliphatic heterocycles. The van der Waals surface area contributed by atoms with Crippen LogP contribution in [0.5, 0.6) is 0 Å². The molecule has 0 bridgehead atoms. The molecule has 0 fully saturated rings. The monoisotopic (exact) mass is 814 g/mol. The maximum absolute atomic E-state index is 12.7. The molecule has 0 aromatic carbocycles. The Bertz CT molecular complexity index is 1130. The Kier molecular flexibility index (Phi) is 38.7. The van der Waals surface area contributed by atoms with Gasteiger partial charge >= 0.3 is 11.9 Å². The molecule has 0 heterocycles. The second-order valence-corrected chi connectivity index (χ2v) is 16.6. The predicted molar refractivity (Wildman–Crippen MR) is 240 cm³/mol. The van der Waals surface area contributed by atoms with Gasteiger partial charge in [-0.25, -0.2) is 0 Å². The van der Waals surface area contributed by atoms with Crippen LogP contribution in [-0.4, -0.2) is 75.5 Å². The number of esters is 2. The van der Waals surface area contributed by atoms with Crippen LogP contribution in [0.1, 0.15) is 187 Å². The van der Waals surface area contributed by atoms with Crippen LogP contribution in [0.4, 0.5) is 0 Å². The molecule has 0 saturated heterocycles. The lowest BCUT2D eigenvalue weighted by Gasteiger charge is -2.34. The van der Waals surface area contributed by atoms with Crippen molar-refractivity contribution in [2.45, 2.75) is 199 Å². The van der Waals surface area contributed by atoms with Crippen molar-refractivity contribution in [1.29, 1.82) is 0 Å². The molecular weight excluding hydrogens is 727 g/mol. The van der Waals surface area contributed by atoms with E-state index in [2.05, 4.69) is 74.6 Å². The summed E-state index contributed by atoms with van der Waals surface area (Å²) in [5.74, 6) is -1.82. The van der Waals surface area contributed by atoms with Crippen molar-refractivity contribution >= 4 is 17.9 Å². The summed E-state index contributed by atoms with van der Waals surface area (Å²) in [5, 5.41) is 11.6. The number of carboxylic acid groups (broad SMARTS) is 1. The number of carboxylic acids is 1. The van der Waals surface area contributed by atoms with Gasteiger partial charge in [-0.15, -0.1) is 0 Å². The minimum atomic E-state index is -1.14. The van der Waals surface area contributed by atoms with Crippen LogP contribution in [-0.2, 0) is 28.6 Å². The summed E-state index contributed by atoms with van der Waals surface area (Å²) in [6, 6.07) is -0.737. The minimum Gasteiger partial charge on any atom is -0.544 e. The molecule has 334 valence electrons. The van der Waals surface area contributed by atoms with Gasteiger partial charge in [0, 0.05) is 19.3 Å². The van der Waals surface area contributed by atoms with Crippen LogP contribution in [0, 0.1) is 0 Å². The van der Waals surface area contributed by atoms with Gasteiger partial charge in [-0.2, -0.15) is 0 Å². The number of ether oxygens (including phenoxy) is 3. The summed E-state index contributed by atoms with van der Waals surface area (Å²) in [6.45, 7) is 4.47. The number of rotatable bonds is 41. The first-order chi connectivity index (χ1) is 28.1. The maximum atomic E-state index is 12.7. The number of quaternary nitrogens is 1. The first-order valence-corrected chi connectivity index (χ1v) is 23.3. The van der Waals surface area contributed by atoms with Crippen molar-refractivity contribution in [2.75, 3.05) is 41.0 Å². The van der Waals surface area contributed by atoms with Crippen molar-refractivity contribution in [2.24, 2.45) is 0 Å². The lowest BCUT2D eigenvalue weighted by molar-refractivity contribution is -0.889. The van der Waals surface area contributed by atoms with Gasteiger partial charge in [0.15, 0.2) is 6.10 Å². The molecule has 0 amide bonds. The standard InChI is InChI=1S/C50H87NO7/c1-6-8-10-12-14-16-18-19-20-21-22-23-24-25-26-27-28-29-31-32-34-36-38-40-48(52)57-45-46(44-56-43-42-47(50(54)55)51(3,4)5)58-49(53)41-39-37-35-33-30-17-15-13-11-9-7-2/h9,11,15,17,22-23,25-26,33,35,46-47H,6-8,10,12-14,16,18-21,24,27-32,34,36-45H2,1-5H3/b11-9+,17-15+,23-22+,26-25+,35-33+. The second-order valence-electron chi connectivity index (χ2n) is 16.6. The number of hydrogen-bond donors (Lipinski definition) is 0. The number of hydrogen-bond acceptors (Lipinski definition) is 7.